The standard InChI is InChI=1S/C9H13NO3/c1-3-7(2)6-8-4-5-9(13-8)10(11)12/h4-5,7H,3,6H2,1-2H3. The summed E-state index contributed by atoms with van der Waals surface area (Å²) in [4.78, 5) is 9.77. The molecular formula is C9H13NO3. The molecule has 0 fully saturated rings. The largest absolute Gasteiger partial charge is 0.433 e. The zero-order chi connectivity index (χ0) is 9.84. The highest BCUT2D eigenvalue weighted by atomic mass is 16.6. The molecule has 72 valence electrons. The van der Waals surface area contributed by atoms with Gasteiger partial charge in [0.1, 0.15) is 10.7 Å². The van der Waals surface area contributed by atoms with Crippen molar-refractivity contribution in [3.05, 3.63) is 28.0 Å². The summed E-state index contributed by atoms with van der Waals surface area (Å²) in [6.45, 7) is 4.18. The van der Waals surface area contributed by atoms with E-state index < -0.39 is 4.92 Å². The number of nitro groups is 1. The van der Waals surface area contributed by atoms with Crippen LogP contribution in [0.25, 0.3) is 0 Å². The molecule has 0 aliphatic rings. The maximum atomic E-state index is 10.3. The van der Waals surface area contributed by atoms with Crippen LogP contribution in [0.15, 0.2) is 16.5 Å². The summed E-state index contributed by atoms with van der Waals surface area (Å²) in [5.74, 6) is 1.03. The van der Waals surface area contributed by atoms with Gasteiger partial charge in [-0.2, -0.15) is 0 Å². The molecule has 1 aromatic heterocycles. The Morgan fingerprint density at radius 1 is 1.62 bits per heavy atom. The normalized spacial score (nSPS) is 12.8. The van der Waals surface area contributed by atoms with E-state index in [9.17, 15) is 10.1 Å². The van der Waals surface area contributed by atoms with Gasteiger partial charge in [-0.15, -0.1) is 0 Å². The molecule has 0 saturated carbocycles. The molecule has 4 nitrogen and oxygen atoms in total. The van der Waals surface area contributed by atoms with Gasteiger partial charge < -0.3 is 4.42 Å². The van der Waals surface area contributed by atoms with Gasteiger partial charge in [0.05, 0.1) is 6.07 Å². The molecule has 0 radical (unpaired) electrons. The molecule has 0 aliphatic heterocycles. The predicted molar refractivity (Wildman–Crippen MR) is 48.5 cm³/mol. The van der Waals surface area contributed by atoms with Crippen molar-refractivity contribution in [3.8, 4) is 0 Å². The van der Waals surface area contributed by atoms with Gasteiger partial charge in [-0.3, -0.25) is 10.1 Å². The molecule has 0 aliphatic carbocycles. The van der Waals surface area contributed by atoms with Crippen molar-refractivity contribution >= 4 is 5.88 Å². The minimum Gasteiger partial charge on any atom is -0.406 e. The molecule has 1 atom stereocenters. The SMILES string of the molecule is CCC(C)Cc1ccc([N+](=O)[O-])o1. The lowest BCUT2D eigenvalue weighted by Crippen LogP contribution is -1.95. The van der Waals surface area contributed by atoms with Gasteiger partial charge in [-0.1, -0.05) is 20.3 Å². The maximum Gasteiger partial charge on any atom is 0.433 e. The molecule has 1 rings (SSSR count). The average molecular weight is 183 g/mol. The van der Waals surface area contributed by atoms with Gasteiger partial charge >= 0.3 is 5.88 Å². The van der Waals surface area contributed by atoms with Crippen LogP contribution in [-0.2, 0) is 6.42 Å². The molecule has 0 amide bonds. The molecule has 1 aromatic rings. The maximum absolute atomic E-state index is 10.3. The Morgan fingerprint density at radius 2 is 2.31 bits per heavy atom. The quantitative estimate of drug-likeness (QED) is 0.532. The van der Waals surface area contributed by atoms with Crippen LogP contribution in [0.2, 0.25) is 0 Å². The highest BCUT2D eigenvalue weighted by Crippen LogP contribution is 2.19. The smallest absolute Gasteiger partial charge is 0.406 e. The van der Waals surface area contributed by atoms with E-state index >= 15 is 0 Å². The molecule has 1 unspecified atom stereocenters. The third-order valence-electron chi connectivity index (χ3n) is 2.07. The first-order chi connectivity index (χ1) is 6.13. The predicted octanol–water partition coefficient (Wildman–Crippen LogP) is 2.78. The lowest BCUT2D eigenvalue weighted by Gasteiger charge is -2.03. The van der Waals surface area contributed by atoms with Gasteiger partial charge in [-0.25, -0.2) is 0 Å². The molecule has 0 bridgehead atoms. The fourth-order valence-electron chi connectivity index (χ4n) is 1.06. The van der Waals surface area contributed by atoms with Crippen LogP contribution in [-0.4, -0.2) is 4.92 Å². The second-order valence-corrected chi connectivity index (χ2v) is 3.21. The van der Waals surface area contributed by atoms with Crippen LogP contribution in [0.4, 0.5) is 5.88 Å². The average Bonchev–Trinajstić information content (AvgIpc) is 2.52. The van der Waals surface area contributed by atoms with Crippen molar-refractivity contribution in [2.45, 2.75) is 26.7 Å². The van der Waals surface area contributed by atoms with Crippen molar-refractivity contribution in [2.24, 2.45) is 5.92 Å². The Kier molecular flexibility index (Phi) is 3.06. The first kappa shape index (κ1) is 9.77. The summed E-state index contributed by atoms with van der Waals surface area (Å²) in [6.07, 6.45) is 1.82. The number of hydrogen-bond acceptors (Lipinski definition) is 3. The van der Waals surface area contributed by atoms with Gasteiger partial charge in [0, 0.05) is 6.42 Å². The first-order valence-corrected chi connectivity index (χ1v) is 4.36. The van der Waals surface area contributed by atoms with E-state index in [0.717, 1.165) is 12.8 Å². The van der Waals surface area contributed by atoms with Gasteiger partial charge in [0.25, 0.3) is 0 Å². The van der Waals surface area contributed by atoms with Crippen molar-refractivity contribution < 1.29 is 9.34 Å². The summed E-state index contributed by atoms with van der Waals surface area (Å²) in [5, 5.41) is 10.3. The minimum atomic E-state index is -0.514. The highest BCUT2D eigenvalue weighted by Gasteiger charge is 2.12. The minimum absolute atomic E-state index is 0.168. The van der Waals surface area contributed by atoms with E-state index in [2.05, 4.69) is 13.8 Å². The second-order valence-electron chi connectivity index (χ2n) is 3.21. The Labute approximate surface area is 76.7 Å². The highest BCUT2D eigenvalue weighted by molar-refractivity contribution is 5.17. The molecule has 0 N–H and O–H groups in total. The second kappa shape index (κ2) is 4.07. The van der Waals surface area contributed by atoms with Crippen LogP contribution in [0.5, 0.6) is 0 Å². The monoisotopic (exact) mass is 183 g/mol. The van der Waals surface area contributed by atoms with Crippen molar-refractivity contribution in [1.82, 2.24) is 0 Å². The van der Waals surface area contributed by atoms with Crippen molar-refractivity contribution in [3.63, 3.8) is 0 Å². The molecule has 0 saturated heterocycles. The topological polar surface area (TPSA) is 56.3 Å². The summed E-state index contributed by atoms with van der Waals surface area (Å²) < 4.78 is 5.02. The molecule has 4 heteroatoms. The Hall–Kier alpha value is -1.32. The Bertz CT molecular complexity index is 293. The third-order valence-corrected chi connectivity index (χ3v) is 2.07. The lowest BCUT2D eigenvalue weighted by atomic mass is 10.0. The van der Waals surface area contributed by atoms with E-state index in [4.69, 9.17) is 4.42 Å². The van der Waals surface area contributed by atoms with E-state index in [1.807, 2.05) is 0 Å². The lowest BCUT2D eigenvalue weighted by molar-refractivity contribution is -0.402. The number of nitrogens with zero attached hydrogens (tertiary/aromatic N) is 1. The number of rotatable bonds is 4. The zero-order valence-electron chi connectivity index (χ0n) is 7.82. The summed E-state index contributed by atoms with van der Waals surface area (Å²) in [6, 6.07) is 3.07. The van der Waals surface area contributed by atoms with Gasteiger partial charge in [0.2, 0.25) is 0 Å². The van der Waals surface area contributed by atoms with E-state index in [-0.39, 0.29) is 5.88 Å². The van der Waals surface area contributed by atoms with Crippen LogP contribution in [0.1, 0.15) is 26.0 Å². The van der Waals surface area contributed by atoms with Gasteiger partial charge in [0.15, 0.2) is 0 Å². The number of furan rings is 1. The van der Waals surface area contributed by atoms with Gasteiger partial charge in [-0.05, 0) is 12.0 Å². The fourth-order valence-corrected chi connectivity index (χ4v) is 1.06. The summed E-state index contributed by atoms with van der Waals surface area (Å²) >= 11 is 0. The Balaban J connectivity index is 2.64. The summed E-state index contributed by atoms with van der Waals surface area (Å²) in [7, 11) is 0. The van der Waals surface area contributed by atoms with Crippen molar-refractivity contribution in [2.75, 3.05) is 0 Å². The molecule has 13 heavy (non-hydrogen) atoms. The van der Waals surface area contributed by atoms with Crippen molar-refractivity contribution in [1.29, 1.82) is 0 Å². The van der Waals surface area contributed by atoms with Crippen LogP contribution in [0.3, 0.4) is 0 Å². The van der Waals surface area contributed by atoms with Crippen LogP contribution < -0.4 is 0 Å². The molecule has 1 heterocycles. The third kappa shape index (κ3) is 2.57. The first-order valence-electron chi connectivity index (χ1n) is 4.36. The van der Waals surface area contributed by atoms with E-state index in [1.165, 1.54) is 6.07 Å². The van der Waals surface area contributed by atoms with E-state index in [1.54, 1.807) is 6.07 Å². The molecular weight excluding hydrogens is 170 g/mol. The van der Waals surface area contributed by atoms with E-state index in [0.29, 0.717) is 11.7 Å². The van der Waals surface area contributed by atoms with Crippen LogP contribution in [0, 0.1) is 16.0 Å². The molecule has 0 spiro atoms. The number of hydrogen-bond donors (Lipinski definition) is 0. The molecule has 0 aromatic carbocycles. The fraction of sp³-hybridized carbons (Fsp3) is 0.556. The summed E-state index contributed by atoms with van der Waals surface area (Å²) in [5.41, 5.74) is 0. The Morgan fingerprint density at radius 3 is 2.77 bits per heavy atom. The zero-order valence-corrected chi connectivity index (χ0v) is 7.82. The van der Waals surface area contributed by atoms with Crippen LogP contribution >= 0.6 is 0 Å².